The number of hydrogen-bond donors (Lipinski definition) is 4. The summed E-state index contributed by atoms with van der Waals surface area (Å²) in [6, 6.07) is 42.8. The maximum atomic E-state index is 4.24. The summed E-state index contributed by atoms with van der Waals surface area (Å²) in [5.41, 5.74) is 6.50. The van der Waals surface area contributed by atoms with Crippen molar-refractivity contribution in [1.82, 2.24) is 40.1 Å². The molecule has 0 saturated carbocycles. The van der Waals surface area contributed by atoms with Gasteiger partial charge in [0.2, 0.25) is 16.7 Å². The monoisotopic (exact) mass is 907 g/mol. The Morgan fingerprint density at radius 2 is 0.889 bits per heavy atom. The van der Waals surface area contributed by atoms with Gasteiger partial charge >= 0.3 is 0 Å². The lowest BCUT2D eigenvalue weighted by molar-refractivity contribution is 0.643. The summed E-state index contributed by atoms with van der Waals surface area (Å²) >= 11 is 0. The van der Waals surface area contributed by atoms with E-state index in [2.05, 4.69) is 289 Å². The molecule has 0 aliphatic carbocycles. The summed E-state index contributed by atoms with van der Waals surface area (Å²) in [7, 11) is -5.54. The number of aromatic nitrogens is 7. The van der Waals surface area contributed by atoms with Crippen LogP contribution in [0.2, 0.25) is 0 Å². The third-order valence-electron chi connectivity index (χ3n) is 11.1. The molecule has 0 saturated heterocycles. The summed E-state index contributed by atoms with van der Waals surface area (Å²) in [5.74, 6) is 0. The van der Waals surface area contributed by atoms with Gasteiger partial charge in [0.05, 0.1) is 11.4 Å². The van der Waals surface area contributed by atoms with Gasteiger partial charge in [0.25, 0.3) is 7.71 Å². The Morgan fingerprint density at radius 3 is 1.38 bits per heavy atom. The molecule has 4 N–H and O–H groups in total. The van der Waals surface area contributed by atoms with E-state index in [0.29, 0.717) is 0 Å². The minimum atomic E-state index is -2.33. The van der Waals surface area contributed by atoms with Gasteiger partial charge in [0.1, 0.15) is 6.66 Å². The zero-order chi connectivity index (χ0) is 42.6. The van der Waals surface area contributed by atoms with E-state index in [1.807, 2.05) is 0 Å². The van der Waals surface area contributed by atoms with Crippen LogP contribution in [0.5, 0.6) is 0 Å². The molecule has 2 unspecified atom stereocenters. The minimum absolute atomic E-state index is 0.0921. The molecular formula is C47H51N12P4+. The van der Waals surface area contributed by atoms with E-state index in [0.717, 1.165) is 41.2 Å². The number of benzene rings is 2. The van der Waals surface area contributed by atoms with Gasteiger partial charge in [-0.25, -0.2) is 5.09 Å². The van der Waals surface area contributed by atoms with Gasteiger partial charge in [-0.1, -0.05) is 24.3 Å². The highest BCUT2D eigenvalue weighted by Gasteiger charge is 2.39. The van der Waals surface area contributed by atoms with E-state index in [4.69, 9.17) is 0 Å². The maximum Gasteiger partial charge on any atom is 0.297 e. The fourth-order valence-corrected chi connectivity index (χ4v) is 15.8. The van der Waals surface area contributed by atoms with Crippen molar-refractivity contribution < 1.29 is 0 Å². The van der Waals surface area contributed by atoms with Gasteiger partial charge in [0.15, 0.2) is 8.37 Å². The highest BCUT2D eigenvalue weighted by atomic mass is 31.2. The first-order valence-electron chi connectivity index (χ1n) is 21.0. The predicted octanol–water partition coefficient (Wildman–Crippen LogP) is 13.0. The largest absolute Gasteiger partial charge is 0.330 e. The van der Waals surface area contributed by atoms with E-state index in [1.165, 1.54) is 5.56 Å². The van der Waals surface area contributed by atoms with E-state index < -0.39 is 32.8 Å². The van der Waals surface area contributed by atoms with Gasteiger partial charge in [-0.2, -0.15) is 8.68 Å². The molecule has 2 atom stereocenters. The molecule has 10 rings (SSSR count). The molecule has 16 heteroatoms. The molecule has 1 aliphatic rings. The highest BCUT2D eigenvalue weighted by molar-refractivity contribution is 7.73. The molecule has 9 aromatic rings. The van der Waals surface area contributed by atoms with Gasteiger partial charge in [-0.05, 0) is 122 Å². The molecule has 63 heavy (non-hydrogen) atoms. The second kappa shape index (κ2) is 18.4. The number of nitrogens with one attached hydrogen (secondary N) is 4. The highest BCUT2D eigenvalue weighted by Crippen LogP contribution is 2.60. The van der Waals surface area contributed by atoms with Crippen LogP contribution in [0.4, 0.5) is 17.1 Å². The second-order valence-corrected chi connectivity index (χ2v) is 23.5. The summed E-state index contributed by atoms with van der Waals surface area (Å²) in [4.78, 5) is 0. The lowest BCUT2D eigenvalue weighted by Crippen LogP contribution is -2.21. The molecule has 0 radical (unpaired) electrons. The molecule has 12 nitrogen and oxygen atoms in total. The Bertz CT molecular complexity index is 2700. The zero-order valence-electron chi connectivity index (χ0n) is 35.1. The Kier molecular flexibility index (Phi) is 12.0. The van der Waals surface area contributed by atoms with E-state index >= 15 is 0 Å². The smallest absolute Gasteiger partial charge is 0.297 e. The van der Waals surface area contributed by atoms with E-state index in [1.54, 1.807) is 0 Å². The van der Waals surface area contributed by atoms with Crippen molar-refractivity contribution in [3.05, 3.63) is 226 Å². The summed E-state index contributed by atoms with van der Waals surface area (Å²) in [6.45, 7) is 5.58. The summed E-state index contributed by atoms with van der Waals surface area (Å²) < 4.78 is 18.6. The van der Waals surface area contributed by atoms with E-state index in [9.17, 15) is 0 Å². The molecule has 1 aliphatic heterocycles. The van der Waals surface area contributed by atoms with Crippen molar-refractivity contribution in [2.24, 2.45) is 0 Å². The predicted molar refractivity (Wildman–Crippen MR) is 267 cm³/mol. The number of anilines is 3. The molecule has 7 aromatic heterocycles. The van der Waals surface area contributed by atoms with Gasteiger partial charge in [0, 0.05) is 122 Å². The zero-order valence-corrected chi connectivity index (χ0v) is 38.7. The third kappa shape index (κ3) is 8.46. The average Bonchev–Trinajstić information content (AvgIpc) is 4.17. The lowest BCUT2D eigenvalue weighted by atomic mass is 9.92. The normalized spacial score (nSPS) is 13.9. The van der Waals surface area contributed by atoms with Crippen molar-refractivity contribution in [1.29, 1.82) is 0 Å². The molecule has 8 heterocycles. The maximum absolute atomic E-state index is 4.24. The van der Waals surface area contributed by atoms with Gasteiger partial charge in [-0.15, -0.1) is 0 Å². The van der Waals surface area contributed by atoms with Crippen molar-refractivity contribution in [3.63, 3.8) is 0 Å². The van der Waals surface area contributed by atoms with Gasteiger partial charge in [-0.3, -0.25) is 18.1 Å². The van der Waals surface area contributed by atoms with Crippen molar-refractivity contribution in [2.45, 2.75) is 19.4 Å². The Balaban J connectivity index is 1.20. The third-order valence-corrected chi connectivity index (χ3v) is 20.0. The van der Waals surface area contributed by atoms with Crippen LogP contribution in [-0.4, -0.2) is 48.2 Å². The van der Waals surface area contributed by atoms with Crippen LogP contribution in [0.3, 0.4) is 0 Å². The number of rotatable bonds is 18. The van der Waals surface area contributed by atoms with Crippen molar-refractivity contribution in [3.8, 4) is 11.1 Å². The number of nitrogens with zero attached hydrogens (tertiary/aromatic N) is 8. The molecule has 0 spiro atoms. The summed E-state index contributed by atoms with van der Waals surface area (Å²) in [6.07, 6.45) is 35.8. The SMILES string of the molecule is CC(NP(n1cccc1)n1cccc1)c1cccc(NP(n2cccc2)n2cccc2)c1-c1c(NP(N2C=CCC2)n2cccc2)cccc1N[P+](C)(n1cccc1)n1cccc1. The van der Waals surface area contributed by atoms with Gasteiger partial charge < -0.3 is 23.5 Å². The Hall–Kier alpha value is -5.98. The van der Waals surface area contributed by atoms with E-state index in [-0.39, 0.29) is 6.04 Å². The molecule has 0 bridgehead atoms. The molecular weight excluding hydrogens is 856 g/mol. The average molecular weight is 908 g/mol. The fourth-order valence-electron chi connectivity index (χ4n) is 8.04. The molecule has 318 valence electrons. The van der Waals surface area contributed by atoms with Crippen molar-refractivity contribution in [2.75, 3.05) is 28.5 Å². The molecule has 0 amide bonds. The summed E-state index contributed by atoms with van der Waals surface area (Å²) in [5, 5.41) is 16.7. The van der Waals surface area contributed by atoms with Crippen LogP contribution in [0.1, 0.15) is 24.9 Å². The topological polar surface area (TPSA) is 85.9 Å². The fraction of sp³-hybridized carbons (Fsp3) is 0.106. The van der Waals surface area contributed by atoms with Crippen molar-refractivity contribution >= 4 is 49.9 Å². The first kappa shape index (κ1) is 41.1. The first-order chi connectivity index (χ1) is 31.0. The minimum Gasteiger partial charge on any atom is -0.330 e. The lowest BCUT2D eigenvalue weighted by Gasteiger charge is -2.33. The first-order valence-corrected chi connectivity index (χ1v) is 26.9. The van der Waals surface area contributed by atoms with Crippen LogP contribution in [0, 0.1) is 0 Å². The molecule has 0 fully saturated rings. The van der Waals surface area contributed by atoms with Crippen LogP contribution < -0.4 is 20.3 Å². The van der Waals surface area contributed by atoms with Crippen LogP contribution in [0.15, 0.2) is 220 Å². The van der Waals surface area contributed by atoms with Crippen LogP contribution in [0.25, 0.3) is 11.1 Å². The Morgan fingerprint density at radius 1 is 0.476 bits per heavy atom. The standard InChI is InChI=1S/C47H51N12P4/c1-41(48-60(52-25-3-4-26-52)53-27-5-6-28-53)42-21-19-22-43(49-61(54-29-7-8-30-54)55-31-9-10-32-55)46(42)47-44(50-62(56-33-11-12-34-56)57-35-13-14-36-57)23-20-24-45(47)51-63(2,58-37-15-16-38-58)59-39-17-18-40-59/h3-13,15-35,37-41,48-51H,14,36H2,1-2H3/q+1. The number of hydrogen-bond acceptors (Lipinski definition) is 5. The molecule has 2 aromatic carbocycles. The Labute approximate surface area is 373 Å². The van der Waals surface area contributed by atoms with Crippen LogP contribution in [-0.2, 0) is 0 Å². The quantitative estimate of drug-likeness (QED) is 0.0645. The van der Waals surface area contributed by atoms with Crippen LogP contribution >= 0.6 is 32.8 Å². The second-order valence-electron chi connectivity index (χ2n) is 15.2.